The van der Waals surface area contributed by atoms with Gasteiger partial charge in [-0.1, -0.05) is 6.92 Å². The number of benzene rings is 1. The second-order valence-corrected chi connectivity index (χ2v) is 7.30. The number of nitrogens with one attached hydrogen (secondary N) is 1. The van der Waals surface area contributed by atoms with Crippen molar-refractivity contribution in [2.75, 3.05) is 26.0 Å². The van der Waals surface area contributed by atoms with Gasteiger partial charge in [0.25, 0.3) is 0 Å². The minimum Gasteiger partial charge on any atom is -0.385 e. The third-order valence-corrected chi connectivity index (χ3v) is 5.22. The maximum Gasteiger partial charge on any atom is 0.242 e. The molecule has 0 saturated carbocycles. The van der Waals surface area contributed by atoms with Gasteiger partial charge in [0.15, 0.2) is 0 Å². The Balaban J connectivity index is 2.62. The Hall–Kier alpha value is -0.780. The van der Waals surface area contributed by atoms with Crippen molar-refractivity contribution in [1.29, 1.82) is 0 Å². The van der Waals surface area contributed by atoms with Crippen LogP contribution in [0.3, 0.4) is 0 Å². The normalized spacial score (nSPS) is 13.5. The number of sulfonamides is 1. The molecule has 0 radical (unpaired) electrons. The molecule has 0 fully saturated rings. The summed E-state index contributed by atoms with van der Waals surface area (Å²) < 4.78 is 25.0. The highest BCUT2D eigenvalue weighted by Gasteiger charge is 2.16. The summed E-state index contributed by atoms with van der Waals surface area (Å²) in [5, 5.41) is 3.41. The van der Waals surface area contributed by atoms with Gasteiger partial charge >= 0.3 is 0 Å². The van der Waals surface area contributed by atoms with Crippen LogP contribution in [-0.2, 0) is 10.0 Å². The maximum atomic E-state index is 11.9. The third kappa shape index (κ3) is 4.67. The molecule has 1 aromatic rings. The Morgan fingerprint density at radius 3 is 2.32 bits per heavy atom. The molecule has 0 aliphatic rings. The van der Waals surface area contributed by atoms with Crippen molar-refractivity contribution in [3.63, 3.8) is 0 Å². The van der Waals surface area contributed by atoms with Crippen molar-refractivity contribution in [2.45, 2.75) is 30.0 Å². The van der Waals surface area contributed by atoms with Crippen molar-refractivity contribution in [3.05, 3.63) is 24.3 Å². The predicted molar refractivity (Wildman–Crippen MR) is 80.4 cm³/mol. The van der Waals surface area contributed by atoms with Crippen LogP contribution in [0.15, 0.2) is 29.2 Å². The van der Waals surface area contributed by atoms with Gasteiger partial charge in [-0.3, -0.25) is 0 Å². The molecule has 0 spiro atoms. The van der Waals surface area contributed by atoms with E-state index in [1.807, 2.05) is 0 Å². The van der Waals surface area contributed by atoms with Crippen LogP contribution in [0.2, 0.25) is 0 Å². The van der Waals surface area contributed by atoms with E-state index >= 15 is 0 Å². The number of rotatable bonds is 7. The summed E-state index contributed by atoms with van der Waals surface area (Å²) >= 11 is 6.03. The summed E-state index contributed by atoms with van der Waals surface area (Å²) in [7, 11) is -0.306. The molecule has 1 atom stereocenters. The highest BCUT2D eigenvalue weighted by Crippen LogP contribution is 2.17. The molecule has 0 amide bonds. The van der Waals surface area contributed by atoms with Crippen molar-refractivity contribution in [1.82, 2.24) is 4.31 Å². The van der Waals surface area contributed by atoms with Crippen LogP contribution in [0, 0.1) is 0 Å². The number of hydrogen-bond donors (Lipinski definition) is 1. The number of nitrogens with zero attached hydrogens (tertiary/aromatic N) is 1. The number of halogens is 1. The zero-order valence-electron chi connectivity index (χ0n) is 11.6. The predicted octanol–water partition coefficient (Wildman–Crippen LogP) is 2.76. The number of anilines is 1. The second kappa shape index (κ2) is 7.12. The van der Waals surface area contributed by atoms with Gasteiger partial charge in [0.1, 0.15) is 0 Å². The molecule has 0 aromatic heterocycles. The molecule has 19 heavy (non-hydrogen) atoms. The second-order valence-electron chi connectivity index (χ2n) is 4.53. The fourth-order valence-corrected chi connectivity index (χ4v) is 2.54. The van der Waals surface area contributed by atoms with E-state index in [9.17, 15) is 8.42 Å². The molecule has 6 heteroatoms. The summed E-state index contributed by atoms with van der Waals surface area (Å²) in [6, 6.07) is 6.75. The zero-order valence-corrected chi connectivity index (χ0v) is 13.1. The quantitative estimate of drug-likeness (QED) is 0.788. The van der Waals surface area contributed by atoms with Crippen LogP contribution in [0.1, 0.15) is 19.8 Å². The van der Waals surface area contributed by atoms with Crippen LogP contribution in [0.4, 0.5) is 5.69 Å². The lowest BCUT2D eigenvalue weighted by atomic mass is 10.2. The summed E-state index contributed by atoms with van der Waals surface area (Å²) in [4.78, 5) is 0.298. The van der Waals surface area contributed by atoms with E-state index < -0.39 is 10.0 Å². The van der Waals surface area contributed by atoms with Crippen LogP contribution >= 0.6 is 11.6 Å². The van der Waals surface area contributed by atoms with Crippen molar-refractivity contribution < 1.29 is 8.42 Å². The first-order valence-electron chi connectivity index (χ1n) is 6.28. The first-order valence-corrected chi connectivity index (χ1v) is 8.16. The standard InChI is InChI=1S/C13H21ClN2O2S/c1-4-11(14)9-10-15-12-5-7-13(8-6-12)19(17,18)16(2)3/h5-8,11,15H,4,9-10H2,1-3H3. The smallest absolute Gasteiger partial charge is 0.242 e. The van der Waals surface area contributed by atoms with Gasteiger partial charge in [0.2, 0.25) is 10.0 Å². The summed E-state index contributed by atoms with van der Waals surface area (Å²) in [6.07, 6.45) is 1.83. The van der Waals surface area contributed by atoms with Crippen LogP contribution in [-0.4, -0.2) is 38.7 Å². The summed E-state index contributed by atoms with van der Waals surface area (Å²) in [5.41, 5.74) is 0.901. The van der Waals surface area contributed by atoms with Gasteiger partial charge in [-0.25, -0.2) is 12.7 Å². The van der Waals surface area contributed by atoms with Gasteiger partial charge in [-0.15, -0.1) is 11.6 Å². The van der Waals surface area contributed by atoms with Crippen molar-refractivity contribution in [2.24, 2.45) is 0 Å². The van der Waals surface area contributed by atoms with E-state index in [-0.39, 0.29) is 5.38 Å². The van der Waals surface area contributed by atoms with Crippen molar-refractivity contribution in [3.8, 4) is 0 Å². The first-order chi connectivity index (χ1) is 8.87. The minimum atomic E-state index is -3.35. The molecule has 0 aliphatic heterocycles. The highest BCUT2D eigenvalue weighted by molar-refractivity contribution is 7.89. The topological polar surface area (TPSA) is 49.4 Å². The Morgan fingerprint density at radius 1 is 1.26 bits per heavy atom. The molecule has 1 unspecified atom stereocenters. The van der Waals surface area contributed by atoms with Gasteiger partial charge in [0, 0.05) is 31.7 Å². The van der Waals surface area contributed by atoms with E-state index in [4.69, 9.17) is 11.6 Å². The molecule has 0 saturated heterocycles. The largest absolute Gasteiger partial charge is 0.385 e. The molecular formula is C13H21ClN2O2S. The molecular weight excluding hydrogens is 284 g/mol. The molecule has 0 bridgehead atoms. The van der Waals surface area contributed by atoms with Gasteiger partial charge in [-0.05, 0) is 37.1 Å². The average molecular weight is 305 g/mol. The Kier molecular flexibility index (Phi) is 6.10. The van der Waals surface area contributed by atoms with E-state index in [0.29, 0.717) is 4.90 Å². The fraction of sp³-hybridized carbons (Fsp3) is 0.538. The number of hydrogen-bond acceptors (Lipinski definition) is 3. The van der Waals surface area contributed by atoms with Crippen LogP contribution in [0.5, 0.6) is 0 Å². The third-order valence-electron chi connectivity index (χ3n) is 2.86. The Labute approximate surface area is 120 Å². The first kappa shape index (κ1) is 16.3. The molecule has 1 rings (SSSR count). The van der Waals surface area contributed by atoms with Gasteiger partial charge < -0.3 is 5.32 Å². The minimum absolute atomic E-state index is 0.181. The highest BCUT2D eigenvalue weighted by atomic mass is 35.5. The van der Waals surface area contributed by atoms with Crippen molar-refractivity contribution >= 4 is 27.3 Å². The maximum absolute atomic E-state index is 11.9. The molecule has 108 valence electrons. The lowest BCUT2D eigenvalue weighted by Crippen LogP contribution is -2.22. The average Bonchev–Trinajstić information content (AvgIpc) is 2.39. The lowest BCUT2D eigenvalue weighted by Gasteiger charge is -2.12. The van der Waals surface area contributed by atoms with Crippen LogP contribution < -0.4 is 5.32 Å². The van der Waals surface area contributed by atoms with E-state index in [1.54, 1.807) is 24.3 Å². The molecule has 0 aliphatic carbocycles. The number of alkyl halides is 1. The van der Waals surface area contributed by atoms with E-state index in [2.05, 4.69) is 12.2 Å². The molecule has 0 heterocycles. The summed E-state index contributed by atoms with van der Waals surface area (Å²) in [5.74, 6) is 0. The van der Waals surface area contributed by atoms with E-state index in [0.717, 1.165) is 25.1 Å². The van der Waals surface area contributed by atoms with Crippen LogP contribution in [0.25, 0.3) is 0 Å². The van der Waals surface area contributed by atoms with E-state index in [1.165, 1.54) is 18.4 Å². The Bertz CT molecular complexity index is 486. The summed E-state index contributed by atoms with van der Waals surface area (Å²) in [6.45, 7) is 2.83. The fourth-order valence-electron chi connectivity index (χ4n) is 1.53. The monoisotopic (exact) mass is 304 g/mol. The van der Waals surface area contributed by atoms with Gasteiger partial charge in [0.05, 0.1) is 4.90 Å². The lowest BCUT2D eigenvalue weighted by molar-refractivity contribution is 0.521. The SMILES string of the molecule is CCC(Cl)CCNc1ccc(S(=O)(=O)N(C)C)cc1. The Morgan fingerprint density at radius 2 is 1.84 bits per heavy atom. The van der Waals surface area contributed by atoms with Gasteiger partial charge in [-0.2, -0.15) is 0 Å². The molecule has 1 N–H and O–H groups in total. The zero-order chi connectivity index (χ0) is 14.5. The molecule has 4 nitrogen and oxygen atoms in total. The molecule has 1 aromatic carbocycles.